The second-order valence-electron chi connectivity index (χ2n) is 5.25. The van der Waals surface area contributed by atoms with Gasteiger partial charge < -0.3 is 14.7 Å². The molecule has 0 saturated heterocycles. The van der Waals surface area contributed by atoms with Crippen molar-refractivity contribution in [3.63, 3.8) is 0 Å². The summed E-state index contributed by atoms with van der Waals surface area (Å²) < 4.78 is 1.95. The molecule has 0 aliphatic rings. The van der Waals surface area contributed by atoms with Crippen LogP contribution >= 0.6 is 0 Å². The fraction of sp³-hybridized carbons (Fsp3) is 0.571. The molecule has 0 unspecified atom stereocenters. The van der Waals surface area contributed by atoms with Crippen molar-refractivity contribution in [3.05, 3.63) is 18.6 Å². The molecule has 0 fully saturated rings. The summed E-state index contributed by atoms with van der Waals surface area (Å²) in [7, 11) is 0. The van der Waals surface area contributed by atoms with Gasteiger partial charge in [0.25, 0.3) is 0 Å². The molecule has 0 aliphatic carbocycles. The molecular weight excluding hydrogens is 252 g/mol. The smallest absolute Gasteiger partial charge is 0.180 e. The zero-order valence-electron chi connectivity index (χ0n) is 12.5. The largest absolute Gasteiger partial charge is 0.351 e. The van der Waals surface area contributed by atoms with E-state index in [-0.39, 0.29) is 0 Å². The van der Waals surface area contributed by atoms with E-state index in [1.807, 2.05) is 16.8 Å². The van der Waals surface area contributed by atoms with Gasteiger partial charge in [-0.05, 0) is 20.3 Å². The fourth-order valence-electron chi connectivity index (χ4n) is 2.32. The lowest BCUT2D eigenvalue weighted by Crippen LogP contribution is -2.33. The number of imidazole rings is 1. The summed E-state index contributed by atoms with van der Waals surface area (Å²) in [6.45, 7) is 7.55. The molecule has 6 heteroatoms. The van der Waals surface area contributed by atoms with Crippen LogP contribution in [0, 0.1) is 0 Å². The number of hydrogen-bond acceptors (Lipinski definition) is 5. The standard InChI is InChI=1S/C14H24N6/c1-4-5-6-8-20(11(2)3)14-13-16-7-9-19(13)10-12(17-14)18-15/h7,9-11,18H,4-6,8,15H2,1-3H3. The molecule has 0 radical (unpaired) electrons. The maximum absolute atomic E-state index is 5.51. The zero-order chi connectivity index (χ0) is 14.5. The molecule has 6 nitrogen and oxygen atoms in total. The van der Waals surface area contributed by atoms with E-state index in [0.717, 1.165) is 24.4 Å². The normalized spacial score (nSPS) is 11.2. The highest BCUT2D eigenvalue weighted by Gasteiger charge is 2.17. The number of hydrazine groups is 1. The molecule has 0 bridgehead atoms. The Morgan fingerprint density at radius 3 is 2.85 bits per heavy atom. The third-order valence-electron chi connectivity index (χ3n) is 3.40. The highest BCUT2D eigenvalue weighted by Crippen LogP contribution is 2.23. The van der Waals surface area contributed by atoms with Gasteiger partial charge >= 0.3 is 0 Å². The zero-order valence-corrected chi connectivity index (χ0v) is 12.5. The van der Waals surface area contributed by atoms with Gasteiger partial charge in [-0.25, -0.2) is 15.8 Å². The number of fused-ring (bicyclic) bond motifs is 1. The monoisotopic (exact) mass is 276 g/mol. The van der Waals surface area contributed by atoms with Crippen molar-refractivity contribution in [2.45, 2.75) is 46.1 Å². The second kappa shape index (κ2) is 6.56. The Kier molecular flexibility index (Phi) is 4.79. The van der Waals surface area contributed by atoms with Crippen molar-refractivity contribution in [1.29, 1.82) is 0 Å². The Labute approximate surface area is 120 Å². The van der Waals surface area contributed by atoms with Crippen LogP contribution in [0.15, 0.2) is 18.6 Å². The molecule has 2 aromatic heterocycles. The van der Waals surface area contributed by atoms with Crippen LogP contribution in [-0.2, 0) is 0 Å². The molecule has 2 rings (SSSR count). The number of anilines is 2. The minimum absolute atomic E-state index is 0.368. The Morgan fingerprint density at radius 2 is 2.20 bits per heavy atom. The molecule has 0 saturated carbocycles. The van der Waals surface area contributed by atoms with Crippen LogP contribution in [0.4, 0.5) is 11.6 Å². The second-order valence-corrected chi connectivity index (χ2v) is 5.25. The van der Waals surface area contributed by atoms with Gasteiger partial charge in [-0.15, -0.1) is 0 Å². The minimum atomic E-state index is 0.368. The van der Waals surface area contributed by atoms with E-state index in [1.54, 1.807) is 6.20 Å². The summed E-state index contributed by atoms with van der Waals surface area (Å²) in [6.07, 6.45) is 9.13. The van der Waals surface area contributed by atoms with Gasteiger partial charge in [0.15, 0.2) is 17.3 Å². The van der Waals surface area contributed by atoms with Gasteiger partial charge in [0.1, 0.15) is 0 Å². The number of nitrogens with zero attached hydrogens (tertiary/aromatic N) is 4. The summed E-state index contributed by atoms with van der Waals surface area (Å²) in [5.74, 6) is 7.04. The molecule has 2 aromatic rings. The van der Waals surface area contributed by atoms with Crippen molar-refractivity contribution in [3.8, 4) is 0 Å². The van der Waals surface area contributed by atoms with Crippen LogP contribution in [0.2, 0.25) is 0 Å². The van der Waals surface area contributed by atoms with E-state index in [0.29, 0.717) is 11.9 Å². The third kappa shape index (κ3) is 3.01. The lowest BCUT2D eigenvalue weighted by molar-refractivity contribution is 0.620. The summed E-state index contributed by atoms with van der Waals surface area (Å²) in [5.41, 5.74) is 3.49. The molecule has 0 aromatic carbocycles. The van der Waals surface area contributed by atoms with Gasteiger partial charge in [0.05, 0.1) is 6.20 Å². The van der Waals surface area contributed by atoms with Crippen molar-refractivity contribution in [2.24, 2.45) is 5.84 Å². The number of rotatable bonds is 7. The van der Waals surface area contributed by atoms with E-state index in [2.05, 4.69) is 41.1 Å². The average molecular weight is 276 g/mol. The number of nitrogens with two attached hydrogens (primary N) is 1. The number of nitrogens with one attached hydrogen (secondary N) is 1. The van der Waals surface area contributed by atoms with Crippen molar-refractivity contribution in [1.82, 2.24) is 14.4 Å². The Bertz CT molecular complexity index is 548. The third-order valence-corrected chi connectivity index (χ3v) is 3.40. The molecule has 0 aliphatic heterocycles. The average Bonchev–Trinajstić information content (AvgIpc) is 2.90. The number of nitrogen functional groups attached to an aromatic ring is 1. The van der Waals surface area contributed by atoms with E-state index < -0.39 is 0 Å². The van der Waals surface area contributed by atoms with Crippen LogP contribution in [0.5, 0.6) is 0 Å². The maximum atomic E-state index is 5.51. The number of hydrogen-bond donors (Lipinski definition) is 2. The molecule has 3 N–H and O–H groups in total. The predicted molar refractivity (Wildman–Crippen MR) is 82.8 cm³/mol. The number of aromatic nitrogens is 3. The van der Waals surface area contributed by atoms with E-state index in [9.17, 15) is 0 Å². The quantitative estimate of drug-likeness (QED) is 0.461. The molecule has 20 heavy (non-hydrogen) atoms. The van der Waals surface area contributed by atoms with Crippen molar-refractivity contribution in [2.75, 3.05) is 16.9 Å². The fourth-order valence-corrected chi connectivity index (χ4v) is 2.32. The minimum Gasteiger partial charge on any atom is -0.351 e. The van der Waals surface area contributed by atoms with Gasteiger partial charge in [-0.3, -0.25) is 0 Å². The lowest BCUT2D eigenvalue weighted by atomic mass is 10.2. The summed E-state index contributed by atoms with van der Waals surface area (Å²) >= 11 is 0. The van der Waals surface area contributed by atoms with E-state index >= 15 is 0 Å². The SMILES string of the molecule is CCCCCN(c1nc(NN)cn2ccnc12)C(C)C. The van der Waals surface area contributed by atoms with Crippen LogP contribution in [-0.4, -0.2) is 27.0 Å². The van der Waals surface area contributed by atoms with Gasteiger partial charge in [0.2, 0.25) is 0 Å². The van der Waals surface area contributed by atoms with Crippen LogP contribution in [0.25, 0.3) is 5.65 Å². The van der Waals surface area contributed by atoms with Crippen LogP contribution in [0.1, 0.15) is 40.0 Å². The first-order valence-corrected chi connectivity index (χ1v) is 7.24. The Hall–Kier alpha value is -1.82. The first-order chi connectivity index (χ1) is 9.67. The van der Waals surface area contributed by atoms with Crippen molar-refractivity contribution >= 4 is 17.3 Å². The van der Waals surface area contributed by atoms with E-state index in [4.69, 9.17) is 5.84 Å². The molecule has 0 spiro atoms. The van der Waals surface area contributed by atoms with Gasteiger partial charge in [0, 0.05) is 25.0 Å². The lowest BCUT2D eigenvalue weighted by Gasteiger charge is -2.28. The number of unbranched alkanes of at least 4 members (excludes halogenated alkanes) is 2. The first kappa shape index (κ1) is 14.6. The molecular formula is C14H24N6. The first-order valence-electron chi connectivity index (χ1n) is 7.24. The topological polar surface area (TPSA) is 71.5 Å². The van der Waals surface area contributed by atoms with E-state index in [1.165, 1.54) is 12.8 Å². The van der Waals surface area contributed by atoms with Gasteiger partial charge in [-0.2, -0.15) is 0 Å². The highest BCUT2D eigenvalue weighted by molar-refractivity contribution is 5.67. The molecule has 0 amide bonds. The predicted octanol–water partition coefficient (Wildman–Crippen LogP) is 2.42. The Morgan fingerprint density at radius 1 is 1.40 bits per heavy atom. The van der Waals surface area contributed by atoms with Gasteiger partial charge in [-0.1, -0.05) is 19.8 Å². The van der Waals surface area contributed by atoms with Crippen LogP contribution < -0.4 is 16.2 Å². The molecule has 0 atom stereocenters. The summed E-state index contributed by atoms with van der Waals surface area (Å²) in [4.78, 5) is 11.3. The highest BCUT2D eigenvalue weighted by atomic mass is 15.3. The molecule has 110 valence electrons. The maximum Gasteiger partial charge on any atom is 0.180 e. The van der Waals surface area contributed by atoms with Crippen LogP contribution in [0.3, 0.4) is 0 Å². The van der Waals surface area contributed by atoms with Crippen molar-refractivity contribution < 1.29 is 0 Å². The Balaban J connectivity index is 2.38. The summed E-state index contributed by atoms with van der Waals surface area (Å²) in [6, 6.07) is 0.368. The summed E-state index contributed by atoms with van der Waals surface area (Å²) in [5, 5.41) is 0. The molecule has 2 heterocycles.